The number of ether oxygens (including phenoxy) is 1. The predicted octanol–water partition coefficient (Wildman–Crippen LogP) is -0.109. The molecule has 2 atom stereocenters. The highest BCUT2D eigenvalue weighted by molar-refractivity contribution is 5.78. The van der Waals surface area contributed by atoms with Crippen molar-refractivity contribution in [3.63, 3.8) is 0 Å². The van der Waals surface area contributed by atoms with E-state index in [4.69, 9.17) is 10.00 Å². The fourth-order valence-electron chi connectivity index (χ4n) is 2.28. The second kappa shape index (κ2) is 6.37. The third kappa shape index (κ3) is 3.07. The molecule has 20 heavy (non-hydrogen) atoms. The average molecular weight is 276 g/mol. The molecule has 0 saturated carbocycles. The fourth-order valence-corrected chi connectivity index (χ4v) is 2.28. The molecule has 0 aromatic heterocycles. The summed E-state index contributed by atoms with van der Waals surface area (Å²) in [5.74, 6) is 0.0389. The number of nitriles is 1. The second-order valence-electron chi connectivity index (χ2n) is 4.67. The SMILES string of the molecule is N#Cc1ccccc1OCC(=O)N1C[C@H](O)C[C@H]1CO. The molecular weight excluding hydrogens is 260 g/mol. The molecule has 2 N–H and O–H groups in total. The monoisotopic (exact) mass is 276 g/mol. The van der Waals surface area contributed by atoms with E-state index in [2.05, 4.69) is 0 Å². The topological polar surface area (TPSA) is 93.8 Å². The number of rotatable bonds is 4. The Balaban J connectivity index is 1.97. The van der Waals surface area contributed by atoms with E-state index in [1.165, 1.54) is 4.90 Å². The number of β-amino-alcohol motifs (C(OH)–C–C–N with tert-alkyl or cyclic N) is 1. The van der Waals surface area contributed by atoms with E-state index in [0.717, 1.165) is 0 Å². The summed E-state index contributed by atoms with van der Waals surface area (Å²) in [6.07, 6.45) is -0.237. The number of carbonyl (C=O) groups is 1. The third-order valence-corrected chi connectivity index (χ3v) is 3.28. The molecule has 1 aromatic carbocycles. The lowest BCUT2D eigenvalue weighted by atomic mass is 10.2. The highest BCUT2D eigenvalue weighted by Gasteiger charge is 2.33. The smallest absolute Gasteiger partial charge is 0.260 e. The predicted molar refractivity (Wildman–Crippen MR) is 69.9 cm³/mol. The Morgan fingerprint density at radius 3 is 2.95 bits per heavy atom. The first-order chi connectivity index (χ1) is 9.65. The van der Waals surface area contributed by atoms with Gasteiger partial charge >= 0.3 is 0 Å². The number of carbonyl (C=O) groups excluding carboxylic acids is 1. The third-order valence-electron chi connectivity index (χ3n) is 3.28. The largest absolute Gasteiger partial charge is 0.482 e. The van der Waals surface area contributed by atoms with Gasteiger partial charge in [0.2, 0.25) is 0 Å². The molecule has 1 saturated heterocycles. The van der Waals surface area contributed by atoms with Gasteiger partial charge in [0, 0.05) is 6.54 Å². The van der Waals surface area contributed by atoms with Crippen molar-refractivity contribution in [2.24, 2.45) is 0 Å². The first-order valence-electron chi connectivity index (χ1n) is 6.36. The number of para-hydroxylation sites is 1. The number of amides is 1. The zero-order valence-electron chi connectivity index (χ0n) is 10.9. The van der Waals surface area contributed by atoms with Crippen LogP contribution in [0.2, 0.25) is 0 Å². The van der Waals surface area contributed by atoms with Crippen LogP contribution in [0, 0.1) is 11.3 Å². The molecule has 6 heteroatoms. The molecule has 1 aliphatic heterocycles. The molecule has 1 amide bonds. The van der Waals surface area contributed by atoms with Crippen molar-refractivity contribution in [2.75, 3.05) is 19.8 Å². The number of aliphatic hydroxyl groups excluding tert-OH is 2. The van der Waals surface area contributed by atoms with Crippen LogP contribution in [0.3, 0.4) is 0 Å². The zero-order chi connectivity index (χ0) is 14.5. The molecule has 6 nitrogen and oxygen atoms in total. The minimum atomic E-state index is -0.609. The Bertz CT molecular complexity index is 526. The van der Waals surface area contributed by atoms with Gasteiger partial charge in [-0.25, -0.2) is 0 Å². The average Bonchev–Trinajstić information content (AvgIpc) is 2.86. The second-order valence-corrected chi connectivity index (χ2v) is 4.67. The van der Waals surface area contributed by atoms with Crippen LogP contribution in [0.1, 0.15) is 12.0 Å². The Kier molecular flexibility index (Phi) is 4.56. The van der Waals surface area contributed by atoms with Gasteiger partial charge in [0.15, 0.2) is 6.61 Å². The van der Waals surface area contributed by atoms with Gasteiger partial charge in [0.05, 0.1) is 24.3 Å². The van der Waals surface area contributed by atoms with Gasteiger partial charge in [-0.3, -0.25) is 4.79 Å². The summed E-state index contributed by atoms with van der Waals surface area (Å²) in [7, 11) is 0. The maximum Gasteiger partial charge on any atom is 0.260 e. The van der Waals surface area contributed by atoms with Crippen LogP contribution < -0.4 is 4.74 Å². The van der Waals surface area contributed by atoms with E-state index in [1.54, 1.807) is 24.3 Å². The van der Waals surface area contributed by atoms with Gasteiger partial charge in [0.25, 0.3) is 5.91 Å². The molecule has 0 unspecified atom stereocenters. The Morgan fingerprint density at radius 2 is 2.25 bits per heavy atom. The van der Waals surface area contributed by atoms with Gasteiger partial charge in [-0.05, 0) is 18.6 Å². The minimum Gasteiger partial charge on any atom is -0.482 e. The molecule has 2 rings (SSSR count). The van der Waals surface area contributed by atoms with Crippen LogP contribution in [-0.4, -0.2) is 52.9 Å². The van der Waals surface area contributed by atoms with Gasteiger partial charge in [-0.1, -0.05) is 12.1 Å². The summed E-state index contributed by atoms with van der Waals surface area (Å²) in [6, 6.07) is 8.28. The number of hydrogen-bond donors (Lipinski definition) is 2. The summed E-state index contributed by atoms with van der Waals surface area (Å²) < 4.78 is 5.35. The fraction of sp³-hybridized carbons (Fsp3) is 0.429. The lowest BCUT2D eigenvalue weighted by molar-refractivity contribution is -0.135. The van der Waals surface area contributed by atoms with Crippen molar-refractivity contribution in [3.8, 4) is 11.8 Å². The van der Waals surface area contributed by atoms with E-state index < -0.39 is 6.10 Å². The maximum atomic E-state index is 12.0. The number of aliphatic hydroxyl groups is 2. The van der Waals surface area contributed by atoms with Gasteiger partial charge < -0.3 is 19.8 Å². The van der Waals surface area contributed by atoms with Crippen LogP contribution in [0.4, 0.5) is 0 Å². The van der Waals surface area contributed by atoms with E-state index >= 15 is 0 Å². The lowest BCUT2D eigenvalue weighted by Gasteiger charge is -2.22. The van der Waals surface area contributed by atoms with Crippen LogP contribution in [0.25, 0.3) is 0 Å². The van der Waals surface area contributed by atoms with Gasteiger partial charge in [0.1, 0.15) is 11.8 Å². The highest BCUT2D eigenvalue weighted by atomic mass is 16.5. The molecule has 0 radical (unpaired) electrons. The Morgan fingerprint density at radius 1 is 1.50 bits per heavy atom. The molecule has 0 bridgehead atoms. The molecule has 0 aliphatic carbocycles. The Labute approximate surface area is 116 Å². The molecule has 1 aliphatic rings. The van der Waals surface area contributed by atoms with Crippen LogP contribution in [0.15, 0.2) is 24.3 Å². The summed E-state index contributed by atoms with van der Waals surface area (Å²) in [4.78, 5) is 13.4. The van der Waals surface area contributed by atoms with Crippen molar-refractivity contribution in [1.82, 2.24) is 4.90 Å². The van der Waals surface area contributed by atoms with Gasteiger partial charge in [-0.15, -0.1) is 0 Å². The summed E-state index contributed by atoms with van der Waals surface area (Å²) in [5.41, 5.74) is 0.362. The molecule has 1 fully saturated rings. The molecule has 0 spiro atoms. The first kappa shape index (κ1) is 14.3. The summed E-state index contributed by atoms with van der Waals surface area (Å²) in [5, 5.41) is 27.6. The van der Waals surface area contributed by atoms with E-state index in [9.17, 15) is 15.0 Å². The van der Waals surface area contributed by atoms with Crippen molar-refractivity contribution in [1.29, 1.82) is 5.26 Å². The maximum absolute atomic E-state index is 12.0. The minimum absolute atomic E-state index is 0.183. The van der Waals surface area contributed by atoms with E-state index in [0.29, 0.717) is 17.7 Å². The number of benzene rings is 1. The quantitative estimate of drug-likeness (QED) is 0.800. The normalized spacial score (nSPS) is 21.6. The number of likely N-dealkylation sites (tertiary alicyclic amines) is 1. The van der Waals surface area contributed by atoms with Crippen molar-refractivity contribution >= 4 is 5.91 Å². The van der Waals surface area contributed by atoms with Crippen molar-refractivity contribution in [2.45, 2.75) is 18.6 Å². The van der Waals surface area contributed by atoms with Gasteiger partial charge in [-0.2, -0.15) is 5.26 Å². The van der Waals surface area contributed by atoms with Crippen LogP contribution in [-0.2, 0) is 4.79 Å². The van der Waals surface area contributed by atoms with E-state index in [-0.39, 0.29) is 31.7 Å². The lowest BCUT2D eigenvalue weighted by Crippen LogP contribution is -2.40. The molecule has 1 heterocycles. The molecule has 106 valence electrons. The van der Waals surface area contributed by atoms with Crippen molar-refractivity contribution in [3.05, 3.63) is 29.8 Å². The highest BCUT2D eigenvalue weighted by Crippen LogP contribution is 2.19. The first-order valence-corrected chi connectivity index (χ1v) is 6.36. The van der Waals surface area contributed by atoms with Crippen LogP contribution in [0.5, 0.6) is 5.75 Å². The van der Waals surface area contributed by atoms with Crippen molar-refractivity contribution < 1.29 is 19.7 Å². The summed E-state index contributed by atoms with van der Waals surface area (Å²) in [6.45, 7) is -0.202. The molecule has 1 aromatic rings. The summed E-state index contributed by atoms with van der Waals surface area (Å²) >= 11 is 0. The zero-order valence-corrected chi connectivity index (χ0v) is 10.9. The number of hydrogen-bond acceptors (Lipinski definition) is 5. The Hall–Kier alpha value is -2.10. The van der Waals surface area contributed by atoms with E-state index in [1.807, 2.05) is 6.07 Å². The number of nitrogens with zero attached hydrogens (tertiary/aromatic N) is 2. The van der Waals surface area contributed by atoms with Crippen LogP contribution >= 0.6 is 0 Å². The standard InChI is InChI=1S/C14H16N2O4/c15-6-10-3-1-2-4-13(10)20-9-14(19)16-7-12(18)5-11(16)8-17/h1-4,11-12,17-18H,5,7-9H2/t11-,12+/m0/s1. The molecular formula is C14H16N2O4.